The molecule has 98 valence electrons. The number of hydrogen-bond acceptors (Lipinski definition) is 2. The van der Waals surface area contributed by atoms with E-state index in [1.54, 1.807) is 0 Å². The van der Waals surface area contributed by atoms with Crippen LogP contribution in [0.1, 0.15) is 58.3 Å². The van der Waals surface area contributed by atoms with Crippen molar-refractivity contribution in [2.24, 2.45) is 10.8 Å². The van der Waals surface area contributed by atoms with Crippen molar-refractivity contribution < 1.29 is 0 Å². The van der Waals surface area contributed by atoms with Gasteiger partial charge in [-0.3, -0.25) is 5.43 Å². The standard InChI is InChI=1S/C13H26N4/c1-2-10-17(12-8-9-12)13(16-14)15-11-6-4-3-5-7-11/h11-12H,2-10,14H2,1H3,(H,15,16). The van der Waals surface area contributed by atoms with Gasteiger partial charge in [0.1, 0.15) is 0 Å². The molecule has 2 aliphatic rings. The second kappa shape index (κ2) is 6.24. The summed E-state index contributed by atoms with van der Waals surface area (Å²) in [4.78, 5) is 7.21. The van der Waals surface area contributed by atoms with Crippen LogP contribution in [0, 0.1) is 0 Å². The molecule has 0 aromatic carbocycles. The highest BCUT2D eigenvalue weighted by molar-refractivity contribution is 5.80. The molecule has 2 fully saturated rings. The first-order valence-electron chi connectivity index (χ1n) is 7.16. The number of nitrogens with two attached hydrogens (primary N) is 1. The van der Waals surface area contributed by atoms with E-state index in [2.05, 4.69) is 17.2 Å². The van der Waals surface area contributed by atoms with E-state index in [4.69, 9.17) is 10.8 Å². The van der Waals surface area contributed by atoms with Crippen LogP contribution >= 0.6 is 0 Å². The molecule has 0 amide bonds. The fourth-order valence-electron chi connectivity index (χ4n) is 2.67. The Balaban J connectivity index is 1.98. The van der Waals surface area contributed by atoms with Crippen molar-refractivity contribution in [3.8, 4) is 0 Å². The zero-order chi connectivity index (χ0) is 12.1. The summed E-state index contributed by atoms with van der Waals surface area (Å²) in [6.07, 6.45) is 10.2. The summed E-state index contributed by atoms with van der Waals surface area (Å²) in [6, 6.07) is 1.18. The Hall–Kier alpha value is -0.770. The van der Waals surface area contributed by atoms with Crippen LogP contribution in [0.5, 0.6) is 0 Å². The maximum Gasteiger partial charge on any atom is 0.208 e. The lowest BCUT2D eigenvalue weighted by molar-refractivity contribution is 0.379. The quantitative estimate of drug-likeness (QED) is 0.341. The zero-order valence-electron chi connectivity index (χ0n) is 11.0. The van der Waals surface area contributed by atoms with Gasteiger partial charge in [0.15, 0.2) is 0 Å². The van der Waals surface area contributed by atoms with Gasteiger partial charge in [0, 0.05) is 12.6 Å². The van der Waals surface area contributed by atoms with Gasteiger partial charge >= 0.3 is 0 Å². The molecule has 4 heteroatoms. The van der Waals surface area contributed by atoms with Gasteiger partial charge in [-0.1, -0.05) is 26.2 Å². The topological polar surface area (TPSA) is 53.6 Å². The highest BCUT2D eigenvalue weighted by Crippen LogP contribution is 2.28. The number of aliphatic imine (C=N–C) groups is 1. The van der Waals surface area contributed by atoms with Gasteiger partial charge < -0.3 is 4.90 Å². The molecule has 0 bridgehead atoms. The van der Waals surface area contributed by atoms with Crippen molar-refractivity contribution in [1.29, 1.82) is 0 Å². The Morgan fingerprint density at radius 1 is 1.24 bits per heavy atom. The Morgan fingerprint density at radius 2 is 1.94 bits per heavy atom. The van der Waals surface area contributed by atoms with Crippen molar-refractivity contribution in [1.82, 2.24) is 10.3 Å². The van der Waals surface area contributed by atoms with E-state index in [9.17, 15) is 0 Å². The molecule has 0 aliphatic heterocycles. The molecule has 3 N–H and O–H groups in total. The van der Waals surface area contributed by atoms with Crippen LogP contribution in [0.3, 0.4) is 0 Å². The van der Waals surface area contributed by atoms with Gasteiger partial charge in [0.05, 0.1) is 6.04 Å². The average molecular weight is 238 g/mol. The third-order valence-electron chi connectivity index (χ3n) is 3.73. The minimum atomic E-state index is 0.493. The number of guanidine groups is 1. The van der Waals surface area contributed by atoms with Gasteiger partial charge in [0.25, 0.3) is 0 Å². The SMILES string of the molecule is CCCN(C(=NC1CCCCC1)NN)C1CC1. The maximum absolute atomic E-state index is 5.66. The number of nitrogens with one attached hydrogen (secondary N) is 1. The lowest BCUT2D eigenvalue weighted by Crippen LogP contribution is -2.47. The highest BCUT2D eigenvalue weighted by Gasteiger charge is 2.31. The van der Waals surface area contributed by atoms with Crippen molar-refractivity contribution in [3.63, 3.8) is 0 Å². The summed E-state index contributed by atoms with van der Waals surface area (Å²) in [5.74, 6) is 6.60. The fourth-order valence-corrected chi connectivity index (χ4v) is 2.67. The van der Waals surface area contributed by atoms with E-state index in [1.165, 1.54) is 44.9 Å². The van der Waals surface area contributed by atoms with Crippen LogP contribution in [0.4, 0.5) is 0 Å². The first-order chi connectivity index (χ1) is 8.35. The van der Waals surface area contributed by atoms with Crippen LogP contribution in [0.25, 0.3) is 0 Å². The summed E-state index contributed by atoms with van der Waals surface area (Å²) in [5.41, 5.74) is 2.83. The summed E-state index contributed by atoms with van der Waals surface area (Å²) in [5, 5.41) is 0. The number of nitrogens with zero attached hydrogens (tertiary/aromatic N) is 2. The first kappa shape index (κ1) is 12.7. The molecule has 4 nitrogen and oxygen atoms in total. The number of rotatable bonds is 4. The Labute approximate surface area is 105 Å². The predicted molar refractivity (Wildman–Crippen MR) is 71.7 cm³/mol. The van der Waals surface area contributed by atoms with Crippen LogP contribution in [-0.2, 0) is 0 Å². The van der Waals surface area contributed by atoms with Gasteiger partial charge in [-0.25, -0.2) is 10.8 Å². The summed E-state index contributed by atoms with van der Waals surface area (Å²) in [7, 11) is 0. The second-order valence-corrected chi connectivity index (χ2v) is 5.31. The highest BCUT2D eigenvalue weighted by atomic mass is 15.4. The molecule has 2 aliphatic carbocycles. The summed E-state index contributed by atoms with van der Waals surface area (Å²) in [6.45, 7) is 3.28. The average Bonchev–Trinajstić information content (AvgIpc) is 3.19. The molecule has 0 radical (unpaired) electrons. The van der Waals surface area contributed by atoms with E-state index in [0.29, 0.717) is 12.1 Å². The van der Waals surface area contributed by atoms with Crippen LogP contribution in [-0.4, -0.2) is 29.5 Å². The minimum Gasteiger partial charge on any atom is -0.339 e. The van der Waals surface area contributed by atoms with Gasteiger partial charge in [-0.15, -0.1) is 0 Å². The Morgan fingerprint density at radius 3 is 2.47 bits per heavy atom. The molecular weight excluding hydrogens is 212 g/mol. The number of hydrazine groups is 1. The van der Waals surface area contributed by atoms with Crippen molar-refractivity contribution in [3.05, 3.63) is 0 Å². The molecule has 0 aromatic heterocycles. The third kappa shape index (κ3) is 3.60. The third-order valence-corrected chi connectivity index (χ3v) is 3.73. The summed E-state index contributed by atoms with van der Waals surface area (Å²) >= 11 is 0. The smallest absolute Gasteiger partial charge is 0.208 e. The van der Waals surface area contributed by atoms with E-state index in [0.717, 1.165) is 18.9 Å². The van der Waals surface area contributed by atoms with Gasteiger partial charge in [-0.05, 0) is 32.1 Å². The fraction of sp³-hybridized carbons (Fsp3) is 0.923. The van der Waals surface area contributed by atoms with Crippen LogP contribution < -0.4 is 11.3 Å². The molecule has 0 unspecified atom stereocenters. The molecule has 0 atom stereocenters. The van der Waals surface area contributed by atoms with E-state index >= 15 is 0 Å². The normalized spacial score (nSPS) is 22.6. The van der Waals surface area contributed by atoms with E-state index in [-0.39, 0.29) is 0 Å². The van der Waals surface area contributed by atoms with Gasteiger partial charge in [-0.2, -0.15) is 0 Å². The Kier molecular flexibility index (Phi) is 4.66. The van der Waals surface area contributed by atoms with Crippen LogP contribution in [0.2, 0.25) is 0 Å². The van der Waals surface area contributed by atoms with Crippen molar-refractivity contribution >= 4 is 5.96 Å². The first-order valence-corrected chi connectivity index (χ1v) is 7.16. The Bertz CT molecular complexity index is 254. The van der Waals surface area contributed by atoms with E-state index < -0.39 is 0 Å². The van der Waals surface area contributed by atoms with Gasteiger partial charge in [0.2, 0.25) is 5.96 Å². The largest absolute Gasteiger partial charge is 0.339 e. The van der Waals surface area contributed by atoms with E-state index in [1.807, 2.05) is 0 Å². The monoisotopic (exact) mass is 238 g/mol. The summed E-state index contributed by atoms with van der Waals surface area (Å²) < 4.78 is 0. The molecule has 0 aromatic rings. The molecular formula is C13H26N4. The predicted octanol–water partition coefficient (Wildman–Crippen LogP) is 2.01. The lowest BCUT2D eigenvalue weighted by atomic mass is 9.96. The maximum atomic E-state index is 5.66. The lowest BCUT2D eigenvalue weighted by Gasteiger charge is -2.27. The molecule has 2 saturated carbocycles. The number of hydrogen-bond donors (Lipinski definition) is 2. The molecule has 2 rings (SSSR count). The zero-order valence-corrected chi connectivity index (χ0v) is 11.0. The molecule has 17 heavy (non-hydrogen) atoms. The van der Waals surface area contributed by atoms with Crippen molar-refractivity contribution in [2.45, 2.75) is 70.4 Å². The molecule has 0 heterocycles. The molecule has 0 saturated heterocycles. The minimum absolute atomic E-state index is 0.493. The second-order valence-electron chi connectivity index (χ2n) is 5.31. The van der Waals surface area contributed by atoms with Crippen molar-refractivity contribution in [2.75, 3.05) is 6.54 Å². The van der Waals surface area contributed by atoms with Crippen LogP contribution in [0.15, 0.2) is 4.99 Å². The molecule has 0 spiro atoms.